The van der Waals surface area contributed by atoms with Gasteiger partial charge in [-0.25, -0.2) is 4.39 Å². The van der Waals surface area contributed by atoms with Crippen molar-refractivity contribution in [2.24, 2.45) is 0 Å². The molecule has 0 aliphatic heterocycles. The molecule has 0 aliphatic carbocycles. The number of benzene rings is 2. The van der Waals surface area contributed by atoms with Crippen LogP contribution in [0.2, 0.25) is 0 Å². The van der Waals surface area contributed by atoms with Gasteiger partial charge in [-0.3, -0.25) is 0 Å². The number of ether oxygens (including phenoxy) is 1. The van der Waals surface area contributed by atoms with Gasteiger partial charge in [0.25, 0.3) is 0 Å². The number of rotatable bonds is 5. The molecule has 0 atom stereocenters. The zero-order valence-corrected chi connectivity index (χ0v) is 13.1. The Balaban J connectivity index is 2.19. The van der Waals surface area contributed by atoms with E-state index in [1.165, 1.54) is 12.1 Å². The van der Waals surface area contributed by atoms with Gasteiger partial charge in [-0.05, 0) is 42.5 Å². The summed E-state index contributed by atoms with van der Waals surface area (Å²) < 4.78 is 20.2. The smallest absolute Gasteiger partial charge is 0.132 e. The first-order valence-electron chi connectivity index (χ1n) is 6.50. The average Bonchev–Trinajstić information content (AvgIpc) is 2.41. The van der Waals surface area contributed by atoms with Gasteiger partial charge in [0.1, 0.15) is 17.3 Å². The summed E-state index contributed by atoms with van der Waals surface area (Å²) in [5.74, 6) is 1.14. The highest BCUT2D eigenvalue weighted by atomic mass is 79.9. The molecule has 0 saturated carbocycles. The standard InChI is InChI=1S/C16H17BrFNO/c1-11(2)19-10-12-9-14(18)5-8-16(12)20-15-6-3-13(17)4-7-15/h3-9,11,19H,10H2,1-2H3. The highest BCUT2D eigenvalue weighted by molar-refractivity contribution is 9.10. The lowest BCUT2D eigenvalue weighted by Gasteiger charge is -2.13. The molecular weight excluding hydrogens is 321 g/mol. The van der Waals surface area contributed by atoms with Crippen molar-refractivity contribution in [1.29, 1.82) is 0 Å². The summed E-state index contributed by atoms with van der Waals surface area (Å²) in [6, 6.07) is 12.5. The molecule has 0 unspecified atom stereocenters. The van der Waals surface area contributed by atoms with Crippen LogP contribution in [0.3, 0.4) is 0 Å². The van der Waals surface area contributed by atoms with Crippen LogP contribution in [0, 0.1) is 5.82 Å². The second-order valence-electron chi connectivity index (χ2n) is 4.84. The SMILES string of the molecule is CC(C)NCc1cc(F)ccc1Oc1ccc(Br)cc1. The van der Waals surface area contributed by atoms with Crippen molar-refractivity contribution >= 4 is 15.9 Å². The molecule has 0 spiro atoms. The molecular formula is C16H17BrFNO. The molecule has 2 nitrogen and oxygen atoms in total. The second-order valence-corrected chi connectivity index (χ2v) is 5.76. The third kappa shape index (κ3) is 4.32. The molecule has 0 radical (unpaired) electrons. The first kappa shape index (κ1) is 15.0. The van der Waals surface area contributed by atoms with Crippen molar-refractivity contribution in [3.8, 4) is 11.5 Å². The van der Waals surface area contributed by atoms with E-state index in [1.807, 2.05) is 24.3 Å². The van der Waals surface area contributed by atoms with Crippen LogP contribution in [-0.4, -0.2) is 6.04 Å². The monoisotopic (exact) mass is 337 g/mol. The summed E-state index contributed by atoms with van der Waals surface area (Å²) in [7, 11) is 0. The summed E-state index contributed by atoms with van der Waals surface area (Å²) in [6.45, 7) is 4.67. The van der Waals surface area contributed by atoms with Crippen molar-refractivity contribution in [1.82, 2.24) is 5.32 Å². The summed E-state index contributed by atoms with van der Waals surface area (Å²) >= 11 is 3.38. The quantitative estimate of drug-likeness (QED) is 0.839. The van der Waals surface area contributed by atoms with E-state index in [4.69, 9.17) is 4.74 Å². The van der Waals surface area contributed by atoms with Gasteiger partial charge in [-0.15, -0.1) is 0 Å². The molecule has 0 saturated heterocycles. The van der Waals surface area contributed by atoms with Crippen LogP contribution in [0.4, 0.5) is 4.39 Å². The maximum absolute atomic E-state index is 13.4. The van der Waals surface area contributed by atoms with Crippen molar-refractivity contribution < 1.29 is 9.13 Å². The van der Waals surface area contributed by atoms with Gasteiger partial charge in [-0.1, -0.05) is 29.8 Å². The predicted molar refractivity (Wildman–Crippen MR) is 82.6 cm³/mol. The molecule has 1 N–H and O–H groups in total. The van der Waals surface area contributed by atoms with Crippen LogP contribution < -0.4 is 10.1 Å². The topological polar surface area (TPSA) is 21.3 Å². The Morgan fingerprint density at radius 2 is 1.85 bits per heavy atom. The fourth-order valence-electron chi connectivity index (χ4n) is 1.73. The summed E-state index contributed by atoms with van der Waals surface area (Å²) in [5, 5.41) is 3.27. The lowest BCUT2D eigenvalue weighted by molar-refractivity contribution is 0.466. The van der Waals surface area contributed by atoms with Crippen LogP contribution in [-0.2, 0) is 6.54 Å². The molecule has 2 aromatic rings. The zero-order chi connectivity index (χ0) is 14.5. The molecule has 2 rings (SSSR count). The predicted octanol–water partition coefficient (Wildman–Crippen LogP) is 4.88. The van der Waals surface area contributed by atoms with Gasteiger partial charge in [0.05, 0.1) is 0 Å². The fraction of sp³-hybridized carbons (Fsp3) is 0.250. The molecule has 0 aromatic heterocycles. The maximum Gasteiger partial charge on any atom is 0.132 e. The fourth-order valence-corrected chi connectivity index (χ4v) is 1.99. The Hall–Kier alpha value is -1.39. The average molecular weight is 338 g/mol. The molecule has 20 heavy (non-hydrogen) atoms. The Morgan fingerprint density at radius 1 is 1.15 bits per heavy atom. The van der Waals surface area contributed by atoms with Crippen molar-refractivity contribution in [3.05, 3.63) is 58.3 Å². The molecule has 0 heterocycles. The van der Waals surface area contributed by atoms with E-state index in [9.17, 15) is 4.39 Å². The zero-order valence-electron chi connectivity index (χ0n) is 11.5. The van der Waals surface area contributed by atoms with E-state index in [1.54, 1.807) is 6.07 Å². The Morgan fingerprint density at radius 3 is 2.50 bits per heavy atom. The molecule has 0 amide bonds. The molecule has 0 bridgehead atoms. The highest BCUT2D eigenvalue weighted by Crippen LogP contribution is 2.27. The van der Waals surface area contributed by atoms with Crippen LogP contribution in [0.1, 0.15) is 19.4 Å². The van der Waals surface area contributed by atoms with Gasteiger partial charge in [0, 0.05) is 22.6 Å². The van der Waals surface area contributed by atoms with Gasteiger partial charge in [0.2, 0.25) is 0 Å². The van der Waals surface area contributed by atoms with Crippen LogP contribution >= 0.6 is 15.9 Å². The Bertz CT molecular complexity index is 569. The normalized spacial score (nSPS) is 10.8. The van der Waals surface area contributed by atoms with Crippen LogP contribution in [0.15, 0.2) is 46.9 Å². The van der Waals surface area contributed by atoms with E-state index in [-0.39, 0.29) is 5.82 Å². The van der Waals surface area contributed by atoms with Crippen molar-refractivity contribution in [3.63, 3.8) is 0 Å². The lowest BCUT2D eigenvalue weighted by Crippen LogP contribution is -2.22. The van der Waals surface area contributed by atoms with E-state index in [2.05, 4.69) is 35.1 Å². The minimum Gasteiger partial charge on any atom is -0.457 e. The summed E-state index contributed by atoms with van der Waals surface area (Å²) in [6.07, 6.45) is 0. The van der Waals surface area contributed by atoms with E-state index in [0.29, 0.717) is 18.3 Å². The molecule has 4 heteroatoms. The number of hydrogen-bond acceptors (Lipinski definition) is 2. The largest absolute Gasteiger partial charge is 0.457 e. The van der Waals surface area contributed by atoms with E-state index in [0.717, 1.165) is 15.8 Å². The van der Waals surface area contributed by atoms with Crippen LogP contribution in [0.5, 0.6) is 11.5 Å². The first-order valence-corrected chi connectivity index (χ1v) is 7.29. The minimum absolute atomic E-state index is 0.256. The van der Waals surface area contributed by atoms with Gasteiger partial charge in [-0.2, -0.15) is 0 Å². The Kier molecular flexibility index (Phi) is 5.15. The van der Waals surface area contributed by atoms with Gasteiger partial charge >= 0.3 is 0 Å². The van der Waals surface area contributed by atoms with E-state index < -0.39 is 0 Å². The highest BCUT2D eigenvalue weighted by Gasteiger charge is 2.07. The maximum atomic E-state index is 13.4. The van der Waals surface area contributed by atoms with E-state index >= 15 is 0 Å². The summed E-state index contributed by atoms with van der Waals surface area (Å²) in [5.41, 5.74) is 0.807. The first-order chi connectivity index (χ1) is 9.54. The van der Waals surface area contributed by atoms with Gasteiger partial charge in [0.15, 0.2) is 0 Å². The van der Waals surface area contributed by atoms with Gasteiger partial charge < -0.3 is 10.1 Å². The molecule has 0 fully saturated rings. The second kappa shape index (κ2) is 6.86. The number of nitrogens with one attached hydrogen (secondary N) is 1. The molecule has 0 aliphatic rings. The molecule has 106 valence electrons. The Labute approximate surface area is 127 Å². The van der Waals surface area contributed by atoms with Crippen molar-refractivity contribution in [2.45, 2.75) is 26.4 Å². The third-order valence-corrected chi connectivity index (χ3v) is 3.29. The summed E-state index contributed by atoms with van der Waals surface area (Å²) in [4.78, 5) is 0. The lowest BCUT2D eigenvalue weighted by atomic mass is 10.2. The third-order valence-electron chi connectivity index (χ3n) is 2.76. The number of halogens is 2. The van der Waals surface area contributed by atoms with Crippen molar-refractivity contribution in [2.75, 3.05) is 0 Å². The van der Waals surface area contributed by atoms with Crippen LogP contribution in [0.25, 0.3) is 0 Å². The molecule has 2 aromatic carbocycles. The minimum atomic E-state index is -0.256. The number of hydrogen-bond donors (Lipinski definition) is 1.